The molecular formula is C15H25ClN2S. The first-order chi connectivity index (χ1) is 9.13. The number of hydrogen-bond acceptors (Lipinski definition) is 3. The van der Waals surface area contributed by atoms with Crippen molar-refractivity contribution in [3.8, 4) is 0 Å². The zero-order valence-electron chi connectivity index (χ0n) is 11.8. The Bertz CT molecular complexity index is 385. The van der Waals surface area contributed by atoms with Crippen LogP contribution in [-0.4, -0.2) is 25.0 Å². The average molecular weight is 301 g/mol. The van der Waals surface area contributed by atoms with Crippen LogP contribution in [0.4, 0.5) is 0 Å². The van der Waals surface area contributed by atoms with E-state index in [1.165, 1.54) is 43.4 Å². The van der Waals surface area contributed by atoms with E-state index in [4.69, 9.17) is 17.3 Å². The second-order valence-corrected chi connectivity index (χ2v) is 7.76. The summed E-state index contributed by atoms with van der Waals surface area (Å²) in [5, 5.41) is 0. The molecule has 1 aliphatic rings. The molecule has 108 valence electrons. The van der Waals surface area contributed by atoms with Gasteiger partial charge in [-0.15, -0.1) is 11.3 Å². The van der Waals surface area contributed by atoms with E-state index in [2.05, 4.69) is 18.0 Å². The van der Waals surface area contributed by atoms with Crippen LogP contribution in [0.15, 0.2) is 12.1 Å². The lowest BCUT2D eigenvalue weighted by atomic mass is 9.72. The molecule has 1 aliphatic carbocycles. The summed E-state index contributed by atoms with van der Waals surface area (Å²) in [6.07, 6.45) is 8.00. The third-order valence-electron chi connectivity index (χ3n) is 4.43. The number of rotatable bonds is 6. The smallest absolute Gasteiger partial charge is 0.0931 e. The summed E-state index contributed by atoms with van der Waals surface area (Å²) in [5.41, 5.74) is 6.46. The van der Waals surface area contributed by atoms with Crippen LogP contribution in [0.25, 0.3) is 0 Å². The third kappa shape index (κ3) is 4.45. The molecule has 2 nitrogen and oxygen atoms in total. The highest BCUT2D eigenvalue weighted by Gasteiger charge is 2.30. The van der Waals surface area contributed by atoms with Gasteiger partial charge in [0, 0.05) is 11.4 Å². The first kappa shape index (κ1) is 15.3. The van der Waals surface area contributed by atoms with Crippen molar-refractivity contribution in [3.63, 3.8) is 0 Å². The molecule has 1 aromatic heterocycles. The van der Waals surface area contributed by atoms with E-state index < -0.39 is 0 Å². The van der Waals surface area contributed by atoms with E-state index in [0.717, 1.165) is 24.0 Å². The van der Waals surface area contributed by atoms with Crippen LogP contribution >= 0.6 is 22.9 Å². The first-order valence-electron chi connectivity index (χ1n) is 7.26. The summed E-state index contributed by atoms with van der Waals surface area (Å²) in [4.78, 5) is 3.74. The summed E-state index contributed by atoms with van der Waals surface area (Å²) in [6.45, 7) is 2.98. The fourth-order valence-corrected chi connectivity index (χ4v) is 4.24. The molecule has 0 amide bonds. The highest BCUT2D eigenvalue weighted by molar-refractivity contribution is 7.16. The molecule has 0 saturated heterocycles. The van der Waals surface area contributed by atoms with Gasteiger partial charge >= 0.3 is 0 Å². The van der Waals surface area contributed by atoms with E-state index in [-0.39, 0.29) is 0 Å². The monoisotopic (exact) mass is 300 g/mol. The standard InChI is InChI=1S/C15H25ClN2S/c1-18(11-13-5-6-14(16)19-13)10-9-15(12-17)7-3-2-4-8-15/h5-6H,2-4,7-12,17H2,1H3. The molecule has 2 N–H and O–H groups in total. The van der Waals surface area contributed by atoms with Crippen molar-refractivity contribution in [1.82, 2.24) is 4.90 Å². The Hall–Kier alpha value is -0.0900. The molecule has 1 fully saturated rings. The van der Waals surface area contributed by atoms with E-state index in [0.29, 0.717) is 5.41 Å². The molecule has 1 saturated carbocycles. The predicted octanol–water partition coefficient (Wildman–Crippen LogP) is 4.13. The molecule has 0 spiro atoms. The largest absolute Gasteiger partial charge is 0.330 e. The number of nitrogens with two attached hydrogens (primary N) is 1. The Morgan fingerprint density at radius 2 is 2.05 bits per heavy atom. The number of hydrogen-bond donors (Lipinski definition) is 1. The van der Waals surface area contributed by atoms with Gasteiger partial charge in [-0.3, -0.25) is 0 Å². The molecule has 1 heterocycles. The van der Waals surface area contributed by atoms with Gasteiger partial charge in [-0.05, 0) is 56.9 Å². The zero-order valence-corrected chi connectivity index (χ0v) is 13.4. The molecule has 0 aliphatic heterocycles. The van der Waals surface area contributed by atoms with Crippen LogP contribution in [0.3, 0.4) is 0 Å². The van der Waals surface area contributed by atoms with Crippen molar-refractivity contribution in [2.75, 3.05) is 20.1 Å². The summed E-state index contributed by atoms with van der Waals surface area (Å²) < 4.78 is 0.883. The van der Waals surface area contributed by atoms with E-state index in [1.54, 1.807) is 11.3 Å². The van der Waals surface area contributed by atoms with Crippen molar-refractivity contribution in [1.29, 1.82) is 0 Å². The second-order valence-electron chi connectivity index (χ2n) is 5.96. The Morgan fingerprint density at radius 3 is 2.63 bits per heavy atom. The van der Waals surface area contributed by atoms with Crippen LogP contribution in [0.2, 0.25) is 4.34 Å². The SMILES string of the molecule is CN(CCC1(CN)CCCCC1)Cc1ccc(Cl)s1. The molecule has 0 unspecified atom stereocenters. The summed E-state index contributed by atoms with van der Waals surface area (Å²) in [7, 11) is 2.20. The lowest BCUT2D eigenvalue weighted by Gasteiger charge is -2.37. The first-order valence-corrected chi connectivity index (χ1v) is 8.46. The Kier molecular flexibility index (Phi) is 5.70. The maximum Gasteiger partial charge on any atom is 0.0931 e. The average Bonchev–Trinajstić information content (AvgIpc) is 2.83. The third-order valence-corrected chi connectivity index (χ3v) is 5.64. The van der Waals surface area contributed by atoms with Gasteiger partial charge < -0.3 is 10.6 Å². The van der Waals surface area contributed by atoms with Gasteiger partial charge in [0.1, 0.15) is 0 Å². The van der Waals surface area contributed by atoms with E-state index in [1.807, 2.05) is 6.07 Å². The minimum Gasteiger partial charge on any atom is -0.330 e. The van der Waals surface area contributed by atoms with E-state index in [9.17, 15) is 0 Å². The van der Waals surface area contributed by atoms with Gasteiger partial charge in [-0.2, -0.15) is 0 Å². The fraction of sp³-hybridized carbons (Fsp3) is 0.733. The second kappa shape index (κ2) is 7.07. The summed E-state index contributed by atoms with van der Waals surface area (Å²) in [5.74, 6) is 0. The predicted molar refractivity (Wildman–Crippen MR) is 84.9 cm³/mol. The van der Waals surface area contributed by atoms with Crippen LogP contribution in [0.5, 0.6) is 0 Å². The molecule has 19 heavy (non-hydrogen) atoms. The Morgan fingerprint density at radius 1 is 1.32 bits per heavy atom. The van der Waals surface area contributed by atoms with Gasteiger partial charge in [0.2, 0.25) is 0 Å². The molecule has 0 atom stereocenters. The van der Waals surface area contributed by atoms with Gasteiger partial charge in [0.25, 0.3) is 0 Å². The lowest BCUT2D eigenvalue weighted by molar-refractivity contribution is 0.154. The van der Waals surface area contributed by atoms with Gasteiger partial charge in [-0.1, -0.05) is 30.9 Å². The van der Waals surface area contributed by atoms with Crippen molar-refractivity contribution in [3.05, 3.63) is 21.3 Å². The van der Waals surface area contributed by atoms with Gasteiger partial charge in [0.15, 0.2) is 0 Å². The molecule has 0 aromatic carbocycles. The minimum absolute atomic E-state index is 0.416. The quantitative estimate of drug-likeness (QED) is 0.856. The van der Waals surface area contributed by atoms with E-state index >= 15 is 0 Å². The lowest BCUT2D eigenvalue weighted by Crippen LogP contribution is -2.36. The highest BCUT2D eigenvalue weighted by atomic mass is 35.5. The maximum atomic E-state index is 6.05. The Balaban J connectivity index is 1.80. The normalized spacial score (nSPS) is 18.9. The van der Waals surface area contributed by atoms with Gasteiger partial charge in [0.05, 0.1) is 4.34 Å². The van der Waals surface area contributed by atoms with Crippen molar-refractivity contribution in [2.45, 2.75) is 45.1 Å². The molecule has 0 radical (unpaired) electrons. The van der Waals surface area contributed by atoms with Crippen molar-refractivity contribution in [2.24, 2.45) is 11.1 Å². The number of halogens is 1. The highest BCUT2D eigenvalue weighted by Crippen LogP contribution is 2.38. The number of nitrogens with zero attached hydrogens (tertiary/aromatic N) is 1. The van der Waals surface area contributed by atoms with Crippen molar-refractivity contribution >= 4 is 22.9 Å². The molecule has 4 heteroatoms. The zero-order chi connectivity index (χ0) is 13.7. The molecular weight excluding hydrogens is 276 g/mol. The van der Waals surface area contributed by atoms with Crippen LogP contribution < -0.4 is 5.73 Å². The van der Waals surface area contributed by atoms with Crippen molar-refractivity contribution < 1.29 is 0 Å². The minimum atomic E-state index is 0.416. The summed E-state index contributed by atoms with van der Waals surface area (Å²) >= 11 is 7.65. The number of thiophene rings is 1. The molecule has 2 rings (SSSR count). The van der Waals surface area contributed by atoms with Crippen LogP contribution in [0, 0.1) is 5.41 Å². The van der Waals surface area contributed by atoms with Crippen LogP contribution in [0.1, 0.15) is 43.4 Å². The molecule has 0 bridgehead atoms. The summed E-state index contributed by atoms with van der Waals surface area (Å²) in [6, 6.07) is 4.11. The van der Waals surface area contributed by atoms with Gasteiger partial charge in [-0.25, -0.2) is 0 Å². The topological polar surface area (TPSA) is 29.3 Å². The fourth-order valence-electron chi connectivity index (χ4n) is 3.07. The van der Waals surface area contributed by atoms with Crippen LogP contribution in [-0.2, 0) is 6.54 Å². The molecule has 1 aromatic rings. The Labute approximate surface area is 125 Å². The maximum absolute atomic E-state index is 6.05.